The third-order valence-electron chi connectivity index (χ3n) is 1.62. The quantitative estimate of drug-likeness (QED) is 0.194. The highest BCUT2D eigenvalue weighted by Gasteiger charge is 2.17. The molecule has 0 saturated heterocycles. The van der Waals surface area contributed by atoms with Gasteiger partial charge in [0, 0.05) is 12.2 Å². The van der Waals surface area contributed by atoms with E-state index in [9.17, 15) is 19.2 Å². The number of ether oxygens (including phenoxy) is 4. The molecular weight excluding hydrogens is 272 g/mol. The van der Waals surface area contributed by atoms with Gasteiger partial charge in [-0.3, -0.25) is 0 Å². The van der Waals surface area contributed by atoms with Gasteiger partial charge >= 0.3 is 23.9 Å². The zero-order chi connectivity index (χ0) is 15.4. The summed E-state index contributed by atoms with van der Waals surface area (Å²) in [5.41, 5.74) is 0. The molecule has 8 nitrogen and oxygen atoms in total. The number of esters is 4. The molecule has 8 heteroatoms. The van der Waals surface area contributed by atoms with Gasteiger partial charge in [-0.05, 0) is 0 Å². The zero-order valence-electron chi connectivity index (χ0n) is 10.7. The van der Waals surface area contributed by atoms with Crippen LogP contribution in [0.5, 0.6) is 0 Å². The van der Waals surface area contributed by atoms with Crippen LogP contribution in [0.1, 0.15) is 0 Å². The maximum absolute atomic E-state index is 11.1. The van der Waals surface area contributed by atoms with Gasteiger partial charge in [-0.1, -0.05) is 13.2 Å². The van der Waals surface area contributed by atoms with E-state index < -0.39 is 23.9 Å². The summed E-state index contributed by atoms with van der Waals surface area (Å²) in [6.07, 6.45) is 1.89. The smallest absolute Gasteiger partial charge is 0.417 e. The molecule has 0 aromatic heterocycles. The van der Waals surface area contributed by atoms with E-state index in [1.165, 1.54) is 0 Å². The largest absolute Gasteiger partial charge is 0.459 e. The summed E-state index contributed by atoms with van der Waals surface area (Å²) in [5, 5.41) is 0. The Morgan fingerprint density at radius 3 is 1.25 bits per heavy atom. The zero-order valence-corrected chi connectivity index (χ0v) is 10.7. The minimum absolute atomic E-state index is 0.208. The predicted octanol–water partition coefficient (Wildman–Crippen LogP) is -0.469. The van der Waals surface area contributed by atoms with E-state index in [1.807, 2.05) is 0 Å². The van der Waals surface area contributed by atoms with Crippen LogP contribution < -0.4 is 0 Å². The van der Waals surface area contributed by atoms with Crippen molar-refractivity contribution in [1.82, 2.24) is 0 Å². The Labute approximate surface area is 114 Å². The van der Waals surface area contributed by atoms with Crippen molar-refractivity contribution in [3.63, 3.8) is 0 Å². The van der Waals surface area contributed by atoms with Crippen LogP contribution in [0.2, 0.25) is 0 Å². The first kappa shape index (κ1) is 17.4. The maximum atomic E-state index is 11.1. The molecule has 0 rings (SSSR count). The molecule has 0 amide bonds. The summed E-state index contributed by atoms with van der Waals surface area (Å²) in [5.74, 6) is -3.83. The van der Waals surface area contributed by atoms with Gasteiger partial charge in [0.1, 0.15) is 26.4 Å². The van der Waals surface area contributed by atoms with Crippen molar-refractivity contribution in [3.05, 3.63) is 25.3 Å². The Balaban J connectivity index is 3.68. The first-order valence-corrected chi connectivity index (χ1v) is 5.43. The first-order chi connectivity index (χ1) is 9.51. The molecule has 110 valence electrons. The molecule has 0 aromatic carbocycles. The number of hydrogen-bond acceptors (Lipinski definition) is 8. The molecule has 0 aromatic rings. The molecule has 0 radical (unpaired) electrons. The lowest BCUT2D eigenvalue weighted by molar-refractivity contribution is -0.170. The van der Waals surface area contributed by atoms with E-state index in [0.717, 1.165) is 12.2 Å². The van der Waals surface area contributed by atoms with E-state index in [0.29, 0.717) is 0 Å². The van der Waals surface area contributed by atoms with E-state index >= 15 is 0 Å². The summed E-state index contributed by atoms with van der Waals surface area (Å²) in [6, 6.07) is 0. The van der Waals surface area contributed by atoms with Gasteiger partial charge in [0.2, 0.25) is 0 Å². The average molecular weight is 286 g/mol. The minimum atomic E-state index is -1.24. The lowest BCUT2D eigenvalue weighted by Crippen LogP contribution is -2.24. The second-order valence-corrected chi connectivity index (χ2v) is 3.02. The summed E-state index contributed by atoms with van der Waals surface area (Å²) < 4.78 is 17.9. The molecule has 0 N–H and O–H groups in total. The van der Waals surface area contributed by atoms with Crippen molar-refractivity contribution in [2.45, 2.75) is 0 Å². The van der Waals surface area contributed by atoms with Crippen LogP contribution in [0.3, 0.4) is 0 Å². The molecule has 0 bridgehead atoms. The van der Waals surface area contributed by atoms with Gasteiger partial charge in [0.15, 0.2) is 0 Å². The van der Waals surface area contributed by atoms with E-state index in [1.54, 1.807) is 0 Å². The highest BCUT2D eigenvalue weighted by Crippen LogP contribution is 1.88. The fraction of sp³-hybridized carbons (Fsp3) is 0.333. The number of carbonyl (C=O) groups excluding carboxylic acids is 4. The number of rotatable bonds is 8. The van der Waals surface area contributed by atoms with Crippen LogP contribution in [0.15, 0.2) is 25.3 Å². The van der Waals surface area contributed by atoms with Crippen LogP contribution in [-0.2, 0) is 38.1 Å². The van der Waals surface area contributed by atoms with Crippen LogP contribution in [0.4, 0.5) is 0 Å². The summed E-state index contributed by atoms with van der Waals surface area (Å²) in [7, 11) is 0. The third-order valence-corrected chi connectivity index (χ3v) is 1.62. The van der Waals surface area contributed by atoms with Crippen LogP contribution >= 0.6 is 0 Å². The lowest BCUT2D eigenvalue weighted by Gasteiger charge is -2.06. The maximum Gasteiger partial charge on any atom is 0.417 e. The lowest BCUT2D eigenvalue weighted by atomic mass is 10.6. The van der Waals surface area contributed by atoms with Crippen LogP contribution in [0, 0.1) is 0 Å². The van der Waals surface area contributed by atoms with Crippen molar-refractivity contribution in [3.8, 4) is 0 Å². The van der Waals surface area contributed by atoms with E-state index in [4.69, 9.17) is 0 Å². The van der Waals surface area contributed by atoms with Gasteiger partial charge < -0.3 is 18.9 Å². The van der Waals surface area contributed by atoms with Crippen LogP contribution in [0.25, 0.3) is 0 Å². The topological polar surface area (TPSA) is 105 Å². The Morgan fingerprint density at radius 2 is 0.950 bits per heavy atom. The molecule has 0 aliphatic carbocycles. The van der Waals surface area contributed by atoms with Gasteiger partial charge in [-0.15, -0.1) is 0 Å². The molecular formula is C12H14O8. The van der Waals surface area contributed by atoms with Crippen molar-refractivity contribution in [2.24, 2.45) is 0 Å². The second-order valence-electron chi connectivity index (χ2n) is 3.02. The van der Waals surface area contributed by atoms with Gasteiger partial charge in [-0.2, -0.15) is 0 Å². The Bertz CT molecular complexity index is 360. The Hall–Kier alpha value is -2.64. The molecule has 20 heavy (non-hydrogen) atoms. The molecule has 0 heterocycles. The summed E-state index contributed by atoms with van der Waals surface area (Å²) in [6.45, 7) is 5.33. The molecule has 0 spiro atoms. The molecule has 0 aliphatic rings. The van der Waals surface area contributed by atoms with E-state index in [2.05, 4.69) is 32.1 Å². The van der Waals surface area contributed by atoms with Gasteiger partial charge in [-0.25, -0.2) is 19.2 Å². The highest BCUT2D eigenvalue weighted by atomic mass is 16.6. The molecule has 0 fully saturated rings. The number of carbonyl (C=O) groups is 4. The first-order valence-electron chi connectivity index (χ1n) is 5.43. The number of hydrogen-bond donors (Lipinski definition) is 0. The second kappa shape index (κ2) is 10.3. The Morgan fingerprint density at radius 1 is 0.650 bits per heavy atom. The molecule has 0 aliphatic heterocycles. The Kier molecular flexibility index (Phi) is 8.94. The summed E-state index contributed by atoms with van der Waals surface area (Å²) in [4.78, 5) is 43.4. The standard InChI is InChI=1S/C12H14O8/c1-3-9(13)17-5-7-19-11(15)12(16)20-8-6-18-10(14)4-2/h3-4H,1-2,5-8H2. The van der Waals surface area contributed by atoms with Crippen molar-refractivity contribution in [2.75, 3.05) is 26.4 Å². The minimum Gasteiger partial charge on any atom is -0.459 e. The third kappa shape index (κ3) is 8.45. The highest BCUT2D eigenvalue weighted by molar-refractivity contribution is 6.29. The van der Waals surface area contributed by atoms with Crippen molar-refractivity contribution < 1.29 is 38.1 Å². The van der Waals surface area contributed by atoms with Crippen molar-refractivity contribution in [1.29, 1.82) is 0 Å². The molecule has 0 saturated carbocycles. The fourth-order valence-electron chi connectivity index (χ4n) is 0.789. The molecule has 0 atom stereocenters. The van der Waals surface area contributed by atoms with Crippen LogP contribution in [-0.4, -0.2) is 50.3 Å². The average Bonchev–Trinajstić information content (AvgIpc) is 2.46. The molecule has 0 unspecified atom stereocenters. The fourth-order valence-corrected chi connectivity index (χ4v) is 0.789. The van der Waals surface area contributed by atoms with Crippen molar-refractivity contribution >= 4 is 23.9 Å². The monoisotopic (exact) mass is 286 g/mol. The summed E-state index contributed by atoms with van der Waals surface area (Å²) >= 11 is 0. The van der Waals surface area contributed by atoms with Gasteiger partial charge in [0.05, 0.1) is 0 Å². The normalized spacial score (nSPS) is 9.00. The predicted molar refractivity (Wildman–Crippen MR) is 64.2 cm³/mol. The SMILES string of the molecule is C=CC(=O)OCCOC(=O)C(=O)OCCOC(=O)C=C. The van der Waals surface area contributed by atoms with E-state index in [-0.39, 0.29) is 26.4 Å². The van der Waals surface area contributed by atoms with Gasteiger partial charge in [0.25, 0.3) is 0 Å².